The molecule has 3 aliphatic rings. The molecule has 2 aliphatic carbocycles. The SMILES string of the molecule is CC1CCC(N2CC3CCCC32)C1. The summed E-state index contributed by atoms with van der Waals surface area (Å²) in [6.07, 6.45) is 9.01. The van der Waals surface area contributed by atoms with E-state index in [2.05, 4.69) is 11.8 Å². The predicted molar refractivity (Wildman–Crippen MR) is 54.6 cm³/mol. The van der Waals surface area contributed by atoms with E-state index in [4.69, 9.17) is 0 Å². The van der Waals surface area contributed by atoms with Crippen LogP contribution in [0.2, 0.25) is 0 Å². The monoisotopic (exact) mass is 179 g/mol. The van der Waals surface area contributed by atoms with Crippen LogP contribution in [0.25, 0.3) is 0 Å². The Morgan fingerprint density at radius 1 is 1.08 bits per heavy atom. The first-order valence-corrected chi connectivity index (χ1v) is 6.10. The molecule has 0 aromatic carbocycles. The molecule has 13 heavy (non-hydrogen) atoms. The lowest BCUT2D eigenvalue weighted by molar-refractivity contribution is -0.00184. The van der Waals surface area contributed by atoms with Crippen molar-refractivity contribution in [2.24, 2.45) is 11.8 Å². The molecular formula is C12H21N. The van der Waals surface area contributed by atoms with Gasteiger partial charge in [-0.15, -0.1) is 0 Å². The van der Waals surface area contributed by atoms with Gasteiger partial charge >= 0.3 is 0 Å². The largest absolute Gasteiger partial charge is 0.297 e. The summed E-state index contributed by atoms with van der Waals surface area (Å²) in [5.74, 6) is 2.11. The summed E-state index contributed by atoms with van der Waals surface area (Å²) in [7, 11) is 0. The van der Waals surface area contributed by atoms with Gasteiger partial charge in [0.2, 0.25) is 0 Å². The Kier molecular flexibility index (Phi) is 1.90. The Morgan fingerprint density at radius 2 is 2.00 bits per heavy atom. The Labute approximate surface area is 81.5 Å². The fourth-order valence-corrected chi connectivity index (χ4v) is 3.83. The molecule has 0 bridgehead atoms. The summed E-state index contributed by atoms with van der Waals surface area (Å²) in [5.41, 5.74) is 0. The minimum atomic E-state index is 0.981. The minimum Gasteiger partial charge on any atom is -0.297 e. The topological polar surface area (TPSA) is 3.24 Å². The van der Waals surface area contributed by atoms with Crippen molar-refractivity contribution in [1.29, 1.82) is 0 Å². The third-order valence-electron chi connectivity index (χ3n) is 4.63. The van der Waals surface area contributed by atoms with Crippen molar-refractivity contribution in [2.75, 3.05) is 6.54 Å². The molecule has 74 valence electrons. The molecule has 0 N–H and O–H groups in total. The molecule has 0 radical (unpaired) electrons. The highest BCUT2D eigenvalue weighted by atomic mass is 15.3. The van der Waals surface area contributed by atoms with Crippen molar-refractivity contribution in [1.82, 2.24) is 4.90 Å². The van der Waals surface area contributed by atoms with Crippen LogP contribution in [-0.2, 0) is 0 Å². The Balaban J connectivity index is 1.61. The van der Waals surface area contributed by atoms with E-state index in [1.165, 1.54) is 45.1 Å². The summed E-state index contributed by atoms with van der Waals surface area (Å²) < 4.78 is 0. The van der Waals surface area contributed by atoms with Gasteiger partial charge in [-0.2, -0.15) is 0 Å². The van der Waals surface area contributed by atoms with Crippen LogP contribution in [0.1, 0.15) is 45.4 Å². The first kappa shape index (κ1) is 8.28. The highest BCUT2D eigenvalue weighted by molar-refractivity contribution is 5.00. The molecule has 0 aromatic heterocycles. The molecule has 1 nitrogen and oxygen atoms in total. The molecule has 3 rings (SSSR count). The molecule has 1 heterocycles. The Hall–Kier alpha value is -0.0400. The van der Waals surface area contributed by atoms with Crippen LogP contribution in [0, 0.1) is 11.8 Å². The van der Waals surface area contributed by atoms with Gasteiger partial charge in [-0.05, 0) is 43.9 Å². The maximum Gasteiger partial charge on any atom is 0.0139 e. The van der Waals surface area contributed by atoms with Crippen LogP contribution in [0.4, 0.5) is 0 Å². The molecule has 4 atom stereocenters. The lowest BCUT2D eigenvalue weighted by Gasteiger charge is -2.48. The fraction of sp³-hybridized carbons (Fsp3) is 1.00. The van der Waals surface area contributed by atoms with E-state index in [0.717, 1.165) is 23.9 Å². The normalized spacial score (nSPS) is 50.5. The number of nitrogens with zero attached hydrogens (tertiary/aromatic N) is 1. The van der Waals surface area contributed by atoms with Gasteiger partial charge in [-0.1, -0.05) is 13.3 Å². The van der Waals surface area contributed by atoms with E-state index in [-0.39, 0.29) is 0 Å². The molecule has 4 unspecified atom stereocenters. The first-order valence-electron chi connectivity index (χ1n) is 6.10. The summed E-state index contributed by atoms with van der Waals surface area (Å²) >= 11 is 0. The van der Waals surface area contributed by atoms with Crippen LogP contribution in [0.15, 0.2) is 0 Å². The molecule has 0 spiro atoms. The molecular weight excluding hydrogens is 158 g/mol. The lowest BCUT2D eigenvalue weighted by atomic mass is 9.89. The zero-order valence-electron chi connectivity index (χ0n) is 8.71. The fourth-order valence-electron chi connectivity index (χ4n) is 3.83. The highest BCUT2D eigenvalue weighted by Gasteiger charge is 2.45. The summed E-state index contributed by atoms with van der Waals surface area (Å²) in [5, 5.41) is 0. The highest BCUT2D eigenvalue weighted by Crippen LogP contribution is 2.43. The predicted octanol–water partition coefficient (Wildman–Crippen LogP) is 2.66. The van der Waals surface area contributed by atoms with Crippen LogP contribution in [0.3, 0.4) is 0 Å². The smallest absolute Gasteiger partial charge is 0.0139 e. The van der Waals surface area contributed by atoms with Crippen molar-refractivity contribution in [2.45, 2.75) is 57.5 Å². The summed E-state index contributed by atoms with van der Waals surface area (Å²) in [4.78, 5) is 2.83. The maximum atomic E-state index is 2.83. The third kappa shape index (κ3) is 1.24. The molecule has 2 saturated carbocycles. The average molecular weight is 179 g/mol. The summed E-state index contributed by atoms with van der Waals surface area (Å²) in [6, 6.07) is 2.00. The van der Waals surface area contributed by atoms with Crippen LogP contribution >= 0.6 is 0 Å². The number of rotatable bonds is 1. The summed E-state index contributed by atoms with van der Waals surface area (Å²) in [6.45, 7) is 3.87. The number of likely N-dealkylation sites (tertiary alicyclic amines) is 1. The first-order chi connectivity index (χ1) is 6.34. The zero-order chi connectivity index (χ0) is 8.84. The Bertz CT molecular complexity index is 201. The lowest BCUT2D eigenvalue weighted by Crippen LogP contribution is -2.57. The van der Waals surface area contributed by atoms with Crippen molar-refractivity contribution in [3.05, 3.63) is 0 Å². The van der Waals surface area contributed by atoms with E-state index in [1.54, 1.807) is 0 Å². The quantitative estimate of drug-likeness (QED) is 0.598. The van der Waals surface area contributed by atoms with Crippen LogP contribution in [0.5, 0.6) is 0 Å². The third-order valence-corrected chi connectivity index (χ3v) is 4.63. The standard InChI is InChI=1S/C12H21N/c1-9-5-6-11(7-9)13-8-10-3-2-4-12(10)13/h9-12H,2-8H2,1H3. The van der Waals surface area contributed by atoms with E-state index in [0.29, 0.717) is 0 Å². The second-order valence-electron chi connectivity index (χ2n) is 5.53. The van der Waals surface area contributed by atoms with Gasteiger partial charge in [0.05, 0.1) is 0 Å². The molecule has 1 saturated heterocycles. The van der Waals surface area contributed by atoms with Gasteiger partial charge in [0.25, 0.3) is 0 Å². The van der Waals surface area contributed by atoms with Crippen molar-refractivity contribution < 1.29 is 0 Å². The van der Waals surface area contributed by atoms with E-state index in [9.17, 15) is 0 Å². The molecule has 1 aliphatic heterocycles. The second-order valence-corrected chi connectivity index (χ2v) is 5.53. The zero-order valence-corrected chi connectivity index (χ0v) is 8.71. The van der Waals surface area contributed by atoms with E-state index >= 15 is 0 Å². The van der Waals surface area contributed by atoms with Crippen molar-refractivity contribution in [3.8, 4) is 0 Å². The molecule has 0 aromatic rings. The van der Waals surface area contributed by atoms with Crippen molar-refractivity contribution in [3.63, 3.8) is 0 Å². The van der Waals surface area contributed by atoms with Gasteiger partial charge in [0.15, 0.2) is 0 Å². The molecule has 3 fully saturated rings. The molecule has 0 amide bonds. The van der Waals surface area contributed by atoms with E-state index in [1.807, 2.05) is 0 Å². The molecule has 1 heteroatoms. The van der Waals surface area contributed by atoms with E-state index < -0.39 is 0 Å². The minimum absolute atomic E-state index is 0.981. The van der Waals surface area contributed by atoms with Crippen molar-refractivity contribution >= 4 is 0 Å². The Morgan fingerprint density at radius 3 is 2.69 bits per heavy atom. The average Bonchev–Trinajstić information content (AvgIpc) is 2.61. The van der Waals surface area contributed by atoms with Gasteiger partial charge in [-0.3, -0.25) is 4.90 Å². The maximum absolute atomic E-state index is 2.83. The van der Waals surface area contributed by atoms with Crippen LogP contribution < -0.4 is 0 Å². The number of hydrogen-bond donors (Lipinski definition) is 0. The van der Waals surface area contributed by atoms with Crippen LogP contribution in [-0.4, -0.2) is 23.5 Å². The van der Waals surface area contributed by atoms with Gasteiger partial charge < -0.3 is 0 Å². The second kappa shape index (κ2) is 2.98. The van der Waals surface area contributed by atoms with Gasteiger partial charge in [0, 0.05) is 18.6 Å². The number of fused-ring (bicyclic) bond motifs is 1. The van der Waals surface area contributed by atoms with Gasteiger partial charge in [0.1, 0.15) is 0 Å². The number of hydrogen-bond acceptors (Lipinski definition) is 1. The van der Waals surface area contributed by atoms with Gasteiger partial charge in [-0.25, -0.2) is 0 Å².